The lowest BCUT2D eigenvalue weighted by Crippen LogP contribution is -2.00. The fourth-order valence-electron chi connectivity index (χ4n) is 1.97. The summed E-state index contributed by atoms with van der Waals surface area (Å²) in [5.41, 5.74) is 0.653. The van der Waals surface area contributed by atoms with Gasteiger partial charge in [-0.2, -0.15) is 0 Å². The zero-order valence-corrected chi connectivity index (χ0v) is 11.0. The zero-order valence-electron chi connectivity index (χ0n) is 11.0. The number of ether oxygens (including phenoxy) is 1. The van der Waals surface area contributed by atoms with E-state index >= 15 is 0 Å². The highest BCUT2D eigenvalue weighted by molar-refractivity contribution is 5.89. The Hall–Kier alpha value is -2.36. The van der Waals surface area contributed by atoms with Gasteiger partial charge in [0.05, 0.1) is 6.61 Å². The molecule has 104 valence electrons. The molecule has 2 rings (SSSR count). The van der Waals surface area contributed by atoms with Crippen molar-refractivity contribution in [3.05, 3.63) is 42.0 Å². The maximum absolute atomic E-state index is 10.7. The molecule has 0 aliphatic heterocycles. The Morgan fingerprint density at radius 3 is 2.60 bits per heavy atom. The van der Waals surface area contributed by atoms with E-state index in [0.29, 0.717) is 25.0 Å². The predicted molar refractivity (Wildman–Crippen MR) is 76.3 cm³/mol. The number of carbonyl (C=O) groups is 2. The van der Waals surface area contributed by atoms with E-state index in [1.54, 1.807) is 6.07 Å². The summed E-state index contributed by atoms with van der Waals surface area (Å²) in [7, 11) is 0. The van der Waals surface area contributed by atoms with Crippen LogP contribution in [0.25, 0.3) is 10.8 Å². The molecule has 0 aromatic heterocycles. The van der Waals surface area contributed by atoms with Crippen molar-refractivity contribution in [1.82, 2.24) is 0 Å². The summed E-state index contributed by atoms with van der Waals surface area (Å²) in [5.74, 6) is -0.0200. The summed E-state index contributed by atoms with van der Waals surface area (Å²) in [4.78, 5) is 21.1. The molecule has 0 atom stereocenters. The third kappa shape index (κ3) is 3.82. The Balaban J connectivity index is 1.94. The van der Waals surface area contributed by atoms with Crippen molar-refractivity contribution in [3.8, 4) is 5.75 Å². The fourth-order valence-corrected chi connectivity index (χ4v) is 1.97. The maximum Gasteiger partial charge on any atom is 0.303 e. The maximum atomic E-state index is 10.7. The number of hydrogen-bond donors (Lipinski definition) is 1. The minimum Gasteiger partial charge on any atom is -0.494 e. The van der Waals surface area contributed by atoms with E-state index in [1.165, 1.54) is 0 Å². The monoisotopic (exact) mass is 272 g/mol. The Morgan fingerprint density at radius 1 is 1.10 bits per heavy atom. The third-order valence-electron chi connectivity index (χ3n) is 3.03. The van der Waals surface area contributed by atoms with E-state index in [9.17, 15) is 9.59 Å². The molecule has 20 heavy (non-hydrogen) atoms. The molecule has 2 aromatic carbocycles. The van der Waals surface area contributed by atoms with Crippen LogP contribution in [-0.4, -0.2) is 24.0 Å². The van der Waals surface area contributed by atoms with Gasteiger partial charge in [-0.1, -0.05) is 18.2 Å². The van der Waals surface area contributed by atoms with Crippen molar-refractivity contribution in [1.29, 1.82) is 0 Å². The van der Waals surface area contributed by atoms with Gasteiger partial charge in [0.1, 0.15) is 12.0 Å². The van der Waals surface area contributed by atoms with E-state index in [1.807, 2.05) is 30.3 Å². The molecular formula is C16H16O4. The average molecular weight is 272 g/mol. The van der Waals surface area contributed by atoms with Gasteiger partial charge in [-0.15, -0.1) is 0 Å². The Labute approximate surface area is 117 Å². The van der Waals surface area contributed by atoms with E-state index in [0.717, 1.165) is 22.8 Å². The number of hydrogen-bond acceptors (Lipinski definition) is 3. The van der Waals surface area contributed by atoms with Crippen LogP contribution < -0.4 is 4.74 Å². The van der Waals surface area contributed by atoms with Crippen molar-refractivity contribution < 1.29 is 19.4 Å². The molecule has 1 N–H and O–H groups in total. The van der Waals surface area contributed by atoms with Gasteiger partial charge in [0.15, 0.2) is 0 Å². The second kappa shape index (κ2) is 6.70. The largest absolute Gasteiger partial charge is 0.494 e. The van der Waals surface area contributed by atoms with Crippen molar-refractivity contribution in [3.63, 3.8) is 0 Å². The smallest absolute Gasteiger partial charge is 0.303 e. The fraction of sp³-hybridized carbons (Fsp3) is 0.250. The molecular weight excluding hydrogens is 256 g/mol. The van der Waals surface area contributed by atoms with Crippen LogP contribution in [0.15, 0.2) is 36.4 Å². The Kier molecular flexibility index (Phi) is 4.71. The minimum absolute atomic E-state index is 0.176. The van der Waals surface area contributed by atoms with Gasteiger partial charge in [0, 0.05) is 12.0 Å². The standard InChI is InChI=1S/C16H16O4/c17-11-12-4-5-14-10-15(7-6-13(14)9-12)20-8-2-1-3-16(18)19/h4-7,9-11H,1-3,8H2,(H,18,19). The summed E-state index contributed by atoms with van der Waals surface area (Å²) >= 11 is 0. The van der Waals surface area contributed by atoms with E-state index in [4.69, 9.17) is 9.84 Å². The lowest BCUT2D eigenvalue weighted by Gasteiger charge is -2.07. The third-order valence-corrected chi connectivity index (χ3v) is 3.03. The van der Waals surface area contributed by atoms with Crippen LogP contribution in [0.3, 0.4) is 0 Å². The topological polar surface area (TPSA) is 63.6 Å². The van der Waals surface area contributed by atoms with Gasteiger partial charge in [-0.25, -0.2) is 0 Å². The number of rotatable bonds is 7. The molecule has 0 aliphatic carbocycles. The second-order valence-corrected chi connectivity index (χ2v) is 4.59. The summed E-state index contributed by atoms with van der Waals surface area (Å²) in [6, 6.07) is 11.2. The van der Waals surface area contributed by atoms with Crippen LogP contribution in [0.4, 0.5) is 0 Å². The van der Waals surface area contributed by atoms with Gasteiger partial charge in [-0.05, 0) is 41.8 Å². The van der Waals surface area contributed by atoms with Crippen molar-refractivity contribution >= 4 is 23.0 Å². The molecule has 0 saturated carbocycles. The molecule has 0 unspecified atom stereocenters. The highest BCUT2D eigenvalue weighted by Gasteiger charge is 2.00. The summed E-state index contributed by atoms with van der Waals surface area (Å²) in [5, 5.41) is 10.5. The molecule has 0 bridgehead atoms. The summed E-state index contributed by atoms with van der Waals surface area (Å²) in [6.45, 7) is 0.505. The first kappa shape index (κ1) is 14.1. The molecule has 0 heterocycles. The van der Waals surface area contributed by atoms with Crippen molar-refractivity contribution in [2.45, 2.75) is 19.3 Å². The van der Waals surface area contributed by atoms with Crippen LogP contribution in [0.5, 0.6) is 5.75 Å². The number of carboxylic acids is 1. The molecule has 0 radical (unpaired) electrons. The van der Waals surface area contributed by atoms with Crippen LogP contribution in [0.2, 0.25) is 0 Å². The molecule has 0 amide bonds. The van der Waals surface area contributed by atoms with E-state index in [-0.39, 0.29) is 6.42 Å². The molecule has 4 heteroatoms. The highest BCUT2D eigenvalue weighted by atomic mass is 16.5. The predicted octanol–water partition coefficient (Wildman–Crippen LogP) is 3.29. The molecule has 0 saturated heterocycles. The molecule has 0 aliphatic rings. The Bertz CT molecular complexity index is 619. The first-order chi connectivity index (χ1) is 9.69. The normalized spacial score (nSPS) is 10.4. The van der Waals surface area contributed by atoms with Gasteiger partial charge in [0.25, 0.3) is 0 Å². The molecule has 4 nitrogen and oxygen atoms in total. The quantitative estimate of drug-likeness (QED) is 0.620. The van der Waals surface area contributed by atoms with Gasteiger partial charge in [-0.3, -0.25) is 9.59 Å². The first-order valence-corrected chi connectivity index (χ1v) is 6.52. The van der Waals surface area contributed by atoms with Crippen molar-refractivity contribution in [2.75, 3.05) is 6.61 Å². The summed E-state index contributed by atoms with van der Waals surface area (Å²) < 4.78 is 5.59. The number of aliphatic carboxylic acids is 1. The Morgan fingerprint density at radius 2 is 1.85 bits per heavy atom. The van der Waals surface area contributed by atoms with Gasteiger partial charge < -0.3 is 9.84 Å². The first-order valence-electron chi connectivity index (χ1n) is 6.52. The average Bonchev–Trinajstić information content (AvgIpc) is 2.46. The SMILES string of the molecule is O=Cc1ccc2cc(OCCCCC(=O)O)ccc2c1. The number of unbranched alkanes of at least 4 members (excludes halogenated alkanes) is 1. The van der Waals surface area contributed by atoms with Crippen LogP contribution in [0.1, 0.15) is 29.6 Å². The molecule has 0 spiro atoms. The van der Waals surface area contributed by atoms with Crippen LogP contribution >= 0.6 is 0 Å². The number of benzene rings is 2. The number of carbonyl (C=O) groups excluding carboxylic acids is 1. The lowest BCUT2D eigenvalue weighted by atomic mass is 10.1. The van der Waals surface area contributed by atoms with E-state index in [2.05, 4.69) is 0 Å². The van der Waals surface area contributed by atoms with E-state index < -0.39 is 5.97 Å². The summed E-state index contributed by atoms with van der Waals surface area (Å²) in [6.07, 6.45) is 2.34. The number of aldehydes is 1. The van der Waals surface area contributed by atoms with Crippen LogP contribution in [0, 0.1) is 0 Å². The van der Waals surface area contributed by atoms with Crippen molar-refractivity contribution in [2.24, 2.45) is 0 Å². The zero-order chi connectivity index (χ0) is 14.4. The number of fused-ring (bicyclic) bond motifs is 1. The minimum atomic E-state index is -0.776. The van der Waals surface area contributed by atoms with Crippen LogP contribution in [-0.2, 0) is 4.79 Å². The molecule has 0 fully saturated rings. The lowest BCUT2D eigenvalue weighted by molar-refractivity contribution is -0.137. The highest BCUT2D eigenvalue weighted by Crippen LogP contribution is 2.22. The van der Waals surface area contributed by atoms with Gasteiger partial charge in [0.2, 0.25) is 0 Å². The van der Waals surface area contributed by atoms with Gasteiger partial charge >= 0.3 is 5.97 Å². The molecule has 2 aromatic rings. The second-order valence-electron chi connectivity index (χ2n) is 4.59. The number of carboxylic acid groups (broad SMARTS) is 1.